The minimum Gasteiger partial charge on any atom is -0.374 e. The fourth-order valence-electron chi connectivity index (χ4n) is 1.68. The Morgan fingerprint density at radius 3 is 2.04 bits per heavy atom. The third-order valence-electron chi connectivity index (χ3n) is 3.03. The van der Waals surface area contributed by atoms with Crippen molar-refractivity contribution in [2.24, 2.45) is 5.92 Å². The van der Waals surface area contributed by atoms with Crippen LogP contribution in [0, 0.1) is 5.92 Å². The number of carbonyl (C=O) groups excluding carboxylic acids is 3. The van der Waals surface area contributed by atoms with Crippen LogP contribution in [0.4, 0.5) is 16.2 Å². The number of carbonyl (C=O) groups is 3. The summed E-state index contributed by atoms with van der Waals surface area (Å²) in [5.74, 6) is -0.570. The van der Waals surface area contributed by atoms with Gasteiger partial charge in [-0.2, -0.15) is 0 Å². The number of urea groups is 1. The number of imide groups is 1. The summed E-state index contributed by atoms with van der Waals surface area (Å²) in [6, 6.07) is 5.91. The first kappa shape index (κ1) is 18.5. The van der Waals surface area contributed by atoms with Crippen molar-refractivity contribution in [2.45, 2.75) is 33.7 Å². The third kappa shape index (κ3) is 6.37. The molecule has 1 aromatic rings. The molecule has 4 amide bonds. The summed E-state index contributed by atoms with van der Waals surface area (Å²) in [5.41, 5.74) is 1.40. The number of rotatable bonds is 6. The molecule has 0 aliphatic rings. The Morgan fingerprint density at radius 1 is 0.957 bits per heavy atom. The molecule has 0 saturated carbocycles. The summed E-state index contributed by atoms with van der Waals surface area (Å²) < 4.78 is 0. The van der Waals surface area contributed by atoms with Crippen LogP contribution in [0.15, 0.2) is 24.3 Å². The van der Waals surface area contributed by atoms with Gasteiger partial charge in [-0.15, -0.1) is 0 Å². The molecule has 0 bridgehead atoms. The van der Waals surface area contributed by atoms with E-state index in [4.69, 9.17) is 0 Å². The quantitative estimate of drug-likeness (QED) is 0.643. The van der Waals surface area contributed by atoms with Gasteiger partial charge < -0.3 is 16.0 Å². The molecule has 126 valence electrons. The molecule has 0 fully saturated rings. The van der Waals surface area contributed by atoms with Crippen LogP contribution >= 0.6 is 0 Å². The van der Waals surface area contributed by atoms with Crippen LogP contribution in [0.1, 0.15) is 27.7 Å². The maximum atomic E-state index is 11.8. The molecular weight excluding hydrogens is 296 g/mol. The molecule has 7 nitrogen and oxygen atoms in total. The summed E-state index contributed by atoms with van der Waals surface area (Å²) >= 11 is 0. The molecule has 1 atom stereocenters. The zero-order chi connectivity index (χ0) is 17.4. The molecule has 7 heteroatoms. The first-order valence-corrected chi connectivity index (χ1v) is 7.59. The van der Waals surface area contributed by atoms with Gasteiger partial charge in [0.25, 0.3) is 0 Å². The molecule has 0 aromatic heterocycles. The Bertz CT molecular complexity index is 555. The van der Waals surface area contributed by atoms with E-state index in [2.05, 4.69) is 21.3 Å². The number of hydrogen-bond acceptors (Lipinski definition) is 4. The molecule has 23 heavy (non-hydrogen) atoms. The standard InChI is InChI=1S/C16H24N4O3/c1-5-17-16(23)20-15(22)11(4)18-12-6-8-13(9-7-12)19-14(21)10(2)3/h6-11,18H,5H2,1-4H3,(H,19,21)(H2,17,20,22,23). The molecule has 0 aliphatic heterocycles. The molecular formula is C16H24N4O3. The lowest BCUT2D eigenvalue weighted by Crippen LogP contribution is -2.45. The lowest BCUT2D eigenvalue weighted by atomic mass is 10.2. The SMILES string of the molecule is CCNC(=O)NC(=O)C(C)Nc1ccc(NC(=O)C(C)C)cc1. The van der Waals surface area contributed by atoms with Gasteiger partial charge in [0.15, 0.2) is 0 Å². The lowest BCUT2D eigenvalue weighted by molar-refractivity contribution is -0.120. The Morgan fingerprint density at radius 2 is 1.52 bits per heavy atom. The minimum absolute atomic E-state index is 0.0552. The van der Waals surface area contributed by atoms with Crippen molar-refractivity contribution in [2.75, 3.05) is 17.2 Å². The van der Waals surface area contributed by atoms with E-state index < -0.39 is 18.0 Å². The number of anilines is 2. The molecule has 0 aliphatic carbocycles. The van der Waals surface area contributed by atoms with Gasteiger partial charge in [0.05, 0.1) is 0 Å². The van der Waals surface area contributed by atoms with Crippen molar-refractivity contribution in [3.8, 4) is 0 Å². The maximum absolute atomic E-state index is 11.8. The normalized spacial score (nSPS) is 11.5. The van der Waals surface area contributed by atoms with Crippen LogP contribution in [-0.4, -0.2) is 30.4 Å². The maximum Gasteiger partial charge on any atom is 0.321 e. The molecule has 4 N–H and O–H groups in total. The fraction of sp³-hybridized carbons (Fsp3) is 0.438. The van der Waals surface area contributed by atoms with Gasteiger partial charge >= 0.3 is 6.03 Å². The van der Waals surface area contributed by atoms with Crippen molar-refractivity contribution in [3.63, 3.8) is 0 Å². The number of nitrogens with one attached hydrogen (secondary N) is 4. The van der Waals surface area contributed by atoms with Crippen molar-refractivity contribution >= 4 is 29.2 Å². The third-order valence-corrected chi connectivity index (χ3v) is 3.03. The molecule has 1 unspecified atom stereocenters. The van der Waals surface area contributed by atoms with E-state index in [0.29, 0.717) is 17.9 Å². The van der Waals surface area contributed by atoms with Gasteiger partial charge in [-0.3, -0.25) is 14.9 Å². The number of hydrogen-bond donors (Lipinski definition) is 4. The predicted molar refractivity (Wildman–Crippen MR) is 90.2 cm³/mol. The van der Waals surface area contributed by atoms with Crippen LogP contribution < -0.4 is 21.3 Å². The fourth-order valence-corrected chi connectivity index (χ4v) is 1.68. The minimum atomic E-state index is -0.575. The first-order valence-electron chi connectivity index (χ1n) is 7.59. The molecule has 0 radical (unpaired) electrons. The summed E-state index contributed by atoms with van der Waals surface area (Å²) in [5, 5.41) is 10.5. The summed E-state index contributed by atoms with van der Waals surface area (Å²) in [7, 11) is 0. The Labute approximate surface area is 136 Å². The molecule has 1 aromatic carbocycles. The highest BCUT2D eigenvalue weighted by atomic mass is 16.2. The van der Waals surface area contributed by atoms with Gasteiger partial charge in [-0.25, -0.2) is 4.79 Å². The highest BCUT2D eigenvalue weighted by Crippen LogP contribution is 2.15. The molecule has 0 spiro atoms. The second-order valence-electron chi connectivity index (χ2n) is 5.44. The van der Waals surface area contributed by atoms with E-state index >= 15 is 0 Å². The van der Waals surface area contributed by atoms with Crippen LogP contribution in [0.2, 0.25) is 0 Å². The monoisotopic (exact) mass is 320 g/mol. The summed E-state index contributed by atoms with van der Waals surface area (Å²) in [6.45, 7) is 7.51. The Hall–Kier alpha value is -2.57. The highest BCUT2D eigenvalue weighted by Gasteiger charge is 2.15. The van der Waals surface area contributed by atoms with Crippen molar-refractivity contribution < 1.29 is 14.4 Å². The zero-order valence-corrected chi connectivity index (χ0v) is 13.9. The van der Waals surface area contributed by atoms with Crippen molar-refractivity contribution in [1.29, 1.82) is 0 Å². The second kappa shape index (κ2) is 8.77. The Balaban J connectivity index is 2.55. The number of benzene rings is 1. The summed E-state index contributed by atoms with van der Waals surface area (Å²) in [6.07, 6.45) is 0. The number of amides is 4. The average molecular weight is 320 g/mol. The predicted octanol–water partition coefficient (Wildman–Crippen LogP) is 1.93. The van der Waals surface area contributed by atoms with Gasteiger partial charge in [-0.05, 0) is 38.1 Å². The van der Waals surface area contributed by atoms with Crippen LogP contribution in [0.5, 0.6) is 0 Å². The van der Waals surface area contributed by atoms with E-state index in [1.165, 1.54) is 0 Å². The van der Waals surface area contributed by atoms with E-state index in [1.807, 2.05) is 13.8 Å². The van der Waals surface area contributed by atoms with E-state index in [1.54, 1.807) is 38.1 Å². The lowest BCUT2D eigenvalue weighted by Gasteiger charge is -2.15. The van der Waals surface area contributed by atoms with Gasteiger partial charge in [0, 0.05) is 23.8 Å². The first-order chi connectivity index (χ1) is 10.8. The van der Waals surface area contributed by atoms with Gasteiger partial charge in [0.2, 0.25) is 11.8 Å². The van der Waals surface area contributed by atoms with Gasteiger partial charge in [-0.1, -0.05) is 13.8 Å². The van der Waals surface area contributed by atoms with Crippen molar-refractivity contribution in [1.82, 2.24) is 10.6 Å². The van der Waals surface area contributed by atoms with E-state index in [0.717, 1.165) is 0 Å². The Kier molecular flexibility index (Phi) is 7.05. The van der Waals surface area contributed by atoms with E-state index in [9.17, 15) is 14.4 Å². The van der Waals surface area contributed by atoms with Gasteiger partial charge in [0.1, 0.15) is 6.04 Å². The second-order valence-corrected chi connectivity index (χ2v) is 5.44. The van der Waals surface area contributed by atoms with E-state index in [-0.39, 0.29) is 11.8 Å². The highest BCUT2D eigenvalue weighted by molar-refractivity contribution is 5.98. The molecule has 0 saturated heterocycles. The topological polar surface area (TPSA) is 99.3 Å². The average Bonchev–Trinajstić information content (AvgIpc) is 2.49. The van der Waals surface area contributed by atoms with Crippen LogP contribution in [-0.2, 0) is 9.59 Å². The van der Waals surface area contributed by atoms with Crippen LogP contribution in [0.3, 0.4) is 0 Å². The smallest absolute Gasteiger partial charge is 0.321 e. The molecule has 0 heterocycles. The van der Waals surface area contributed by atoms with Crippen molar-refractivity contribution in [3.05, 3.63) is 24.3 Å². The molecule has 1 rings (SSSR count). The summed E-state index contributed by atoms with van der Waals surface area (Å²) in [4.78, 5) is 34.7. The zero-order valence-electron chi connectivity index (χ0n) is 13.9. The van der Waals surface area contributed by atoms with Crippen LogP contribution in [0.25, 0.3) is 0 Å². The largest absolute Gasteiger partial charge is 0.374 e.